The molecule has 34 heavy (non-hydrogen) atoms. The fraction of sp³-hybridized carbons (Fsp3) is 0.565. The highest BCUT2D eigenvalue weighted by Crippen LogP contribution is 2.44. The van der Waals surface area contributed by atoms with Gasteiger partial charge in [-0.25, -0.2) is 0 Å². The average molecular weight is 462 g/mol. The van der Waals surface area contributed by atoms with Crippen LogP contribution in [0.3, 0.4) is 0 Å². The molecular weight excluding hydrogens is 434 g/mol. The van der Waals surface area contributed by atoms with Crippen molar-refractivity contribution in [3.05, 3.63) is 29.3 Å². The zero-order valence-electron chi connectivity index (χ0n) is 18.8. The number of aromatic amines is 1. The molecule has 1 aliphatic carbocycles. The number of H-pyrrole nitrogens is 1. The Morgan fingerprint density at radius 3 is 2.97 bits per heavy atom. The molecule has 4 heterocycles. The van der Waals surface area contributed by atoms with Gasteiger partial charge in [-0.1, -0.05) is 12.1 Å². The topological polar surface area (TPSA) is 148 Å². The maximum absolute atomic E-state index is 13.4. The van der Waals surface area contributed by atoms with Gasteiger partial charge in [0, 0.05) is 31.2 Å². The van der Waals surface area contributed by atoms with Gasteiger partial charge in [-0.15, -0.1) is 10.2 Å². The highest BCUT2D eigenvalue weighted by atomic mass is 16.2. The number of nitrogens with one attached hydrogen (secondary N) is 1. The number of rotatable bonds is 5. The van der Waals surface area contributed by atoms with Crippen molar-refractivity contribution in [1.29, 1.82) is 5.26 Å². The highest BCUT2D eigenvalue weighted by Gasteiger charge is 2.53. The van der Waals surface area contributed by atoms with Gasteiger partial charge in [0.25, 0.3) is 0 Å². The first-order valence-corrected chi connectivity index (χ1v) is 11.9. The maximum atomic E-state index is 13.4. The van der Waals surface area contributed by atoms with Crippen LogP contribution in [0.5, 0.6) is 0 Å². The number of carbonyl (C=O) groups is 2. The lowest BCUT2D eigenvalue weighted by atomic mass is 10.0. The van der Waals surface area contributed by atoms with E-state index < -0.39 is 6.04 Å². The van der Waals surface area contributed by atoms with Crippen LogP contribution in [-0.2, 0) is 16.0 Å². The number of likely N-dealkylation sites (tertiary alicyclic amines) is 3. The molecule has 176 valence electrons. The molecule has 0 saturated carbocycles. The molecule has 1 aromatic heterocycles. The van der Waals surface area contributed by atoms with E-state index in [0.29, 0.717) is 25.3 Å². The largest absolute Gasteiger partial charge is 0.330 e. The summed E-state index contributed by atoms with van der Waals surface area (Å²) >= 11 is 0. The normalized spacial score (nSPS) is 29.0. The summed E-state index contributed by atoms with van der Waals surface area (Å²) in [4.78, 5) is 32.0. The van der Waals surface area contributed by atoms with Gasteiger partial charge in [-0.2, -0.15) is 10.5 Å². The van der Waals surface area contributed by atoms with Gasteiger partial charge in [0.05, 0.1) is 24.2 Å². The molecule has 3 aliphatic heterocycles. The first-order chi connectivity index (χ1) is 16.5. The summed E-state index contributed by atoms with van der Waals surface area (Å²) in [6.45, 7) is 1.66. The number of fused-ring (bicyclic) bond motifs is 3. The lowest BCUT2D eigenvalue weighted by molar-refractivity contribution is -0.141. The summed E-state index contributed by atoms with van der Waals surface area (Å²) < 4.78 is 0. The van der Waals surface area contributed by atoms with E-state index in [-0.39, 0.29) is 36.0 Å². The van der Waals surface area contributed by atoms with Crippen molar-refractivity contribution >= 4 is 11.8 Å². The summed E-state index contributed by atoms with van der Waals surface area (Å²) in [6, 6.07) is 7.26. The number of benzene rings is 1. The predicted octanol–water partition coefficient (Wildman–Crippen LogP) is -0.0190. The van der Waals surface area contributed by atoms with E-state index in [4.69, 9.17) is 5.73 Å². The average Bonchev–Trinajstić information content (AvgIpc) is 3.66. The molecule has 1 unspecified atom stereocenters. The number of nitriles is 1. The highest BCUT2D eigenvalue weighted by molar-refractivity contribution is 5.87. The molecule has 2 amide bonds. The van der Waals surface area contributed by atoms with Gasteiger partial charge >= 0.3 is 0 Å². The van der Waals surface area contributed by atoms with Gasteiger partial charge in [0.15, 0.2) is 0 Å². The molecule has 6 rings (SSSR count). The van der Waals surface area contributed by atoms with Crippen molar-refractivity contribution in [1.82, 2.24) is 35.3 Å². The number of aryl methyl sites for hydroxylation is 1. The van der Waals surface area contributed by atoms with Gasteiger partial charge in [-0.05, 0) is 54.5 Å². The number of hydrogen-bond acceptors (Lipinski definition) is 8. The third-order valence-electron chi connectivity index (χ3n) is 7.88. The molecule has 2 bridgehead atoms. The molecule has 3 saturated heterocycles. The van der Waals surface area contributed by atoms with E-state index in [2.05, 4.69) is 48.6 Å². The number of aromatic nitrogens is 4. The fourth-order valence-corrected chi connectivity index (χ4v) is 6.32. The van der Waals surface area contributed by atoms with E-state index in [9.17, 15) is 14.9 Å². The van der Waals surface area contributed by atoms with Gasteiger partial charge in [0.2, 0.25) is 17.6 Å². The number of amides is 2. The molecule has 5 atom stereocenters. The molecular formula is C23H27N9O2. The van der Waals surface area contributed by atoms with Crippen LogP contribution < -0.4 is 5.73 Å². The van der Waals surface area contributed by atoms with Crippen LogP contribution in [0.4, 0.5) is 0 Å². The van der Waals surface area contributed by atoms with E-state index in [1.165, 1.54) is 11.1 Å². The predicted molar refractivity (Wildman–Crippen MR) is 120 cm³/mol. The van der Waals surface area contributed by atoms with Crippen molar-refractivity contribution in [3.63, 3.8) is 0 Å². The molecule has 0 spiro atoms. The van der Waals surface area contributed by atoms with Crippen LogP contribution in [0.15, 0.2) is 18.2 Å². The second-order valence-corrected chi connectivity index (χ2v) is 9.73. The third kappa shape index (κ3) is 3.28. The standard InChI is InChI=1S/C23H27N9O2/c24-10-15-2-1-7-31(15)22(33)18(25)12-30-11-16-9-20(30)23(34)32(16)19-6-4-13-8-14(3-5-17(13)19)21-26-28-29-27-21/h3,5,8,15-16,18-20H,1-2,4,6-7,9,11-12,25H2,(H,26,27,28,29)/t15-,16?,18-,19+,20+/m0/s1. The number of carbonyl (C=O) groups excluding carboxylic acids is 2. The van der Waals surface area contributed by atoms with Crippen LogP contribution in [0.1, 0.15) is 42.9 Å². The fourth-order valence-electron chi connectivity index (χ4n) is 6.32. The quantitative estimate of drug-likeness (QED) is 0.631. The summed E-state index contributed by atoms with van der Waals surface area (Å²) in [6.07, 6.45) is 4.12. The first kappa shape index (κ1) is 21.2. The zero-order valence-corrected chi connectivity index (χ0v) is 18.8. The van der Waals surface area contributed by atoms with Crippen LogP contribution >= 0.6 is 0 Å². The summed E-state index contributed by atoms with van der Waals surface area (Å²) in [5.74, 6) is 0.518. The van der Waals surface area contributed by atoms with Gasteiger partial charge in [-0.3, -0.25) is 14.5 Å². The van der Waals surface area contributed by atoms with E-state index >= 15 is 0 Å². The number of nitrogens with two attached hydrogens (primary N) is 1. The molecule has 4 aliphatic rings. The Hall–Kier alpha value is -3.36. The lowest BCUT2D eigenvalue weighted by Gasteiger charge is -2.38. The summed E-state index contributed by atoms with van der Waals surface area (Å²) in [5.41, 5.74) is 9.61. The van der Waals surface area contributed by atoms with Crippen LogP contribution in [-0.4, -0.2) is 90.9 Å². The van der Waals surface area contributed by atoms with Crippen molar-refractivity contribution in [2.24, 2.45) is 5.73 Å². The Kier molecular flexibility index (Phi) is 5.08. The molecule has 2 aromatic rings. The summed E-state index contributed by atoms with van der Waals surface area (Å²) in [5, 5.41) is 23.5. The SMILES string of the molecule is N#C[C@@H]1CCCN1C(=O)[C@@H](N)CN1CC2C[C@@H]1C(=O)N2[C@@H]1CCc2cc(-c3nn[nH]n3)ccc21. The van der Waals surface area contributed by atoms with Gasteiger partial charge < -0.3 is 15.5 Å². The molecule has 3 N–H and O–H groups in total. The van der Waals surface area contributed by atoms with Gasteiger partial charge in [0.1, 0.15) is 6.04 Å². The Labute approximate surface area is 196 Å². The number of hydrogen-bond donors (Lipinski definition) is 2. The second-order valence-electron chi connectivity index (χ2n) is 9.73. The Morgan fingerprint density at radius 2 is 2.21 bits per heavy atom. The second kappa shape index (κ2) is 8.14. The first-order valence-electron chi connectivity index (χ1n) is 11.9. The minimum Gasteiger partial charge on any atom is -0.330 e. The van der Waals surface area contributed by atoms with Crippen LogP contribution in [0, 0.1) is 11.3 Å². The minimum atomic E-state index is -0.717. The Morgan fingerprint density at radius 1 is 1.32 bits per heavy atom. The summed E-state index contributed by atoms with van der Waals surface area (Å²) in [7, 11) is 0. The van der Waals surface area contributed by atoms with Crippen molar-refractivity contribution in [3.8, 4) is 17.5 Å². The van der Waals surface area contributed by atoms with E-state index in [1.807, 2.05) is 6.07 Å². The van der Waals surface area contributed by atoms with E-state index in [1.54, 1.807) is 4.90 Å². The monoisotopic (exact) mass is 461 g/mol. The third-order valence-corrected chi connectivity index (χ3v) is 7.88. The zero-order chi connectivity index (χ0) is 23.4. The Balaban J connectivity index is 1.13. The van der Waals surface area contributed by atoms with Crippen molar-refractivity contribution < 1.29 is 9.59 Å². The maximum Gasteiger partial charge on any atom is 0.241 e. The van der Waals surface area contributed by atoms with Crippen LogP contribution in [0.2, 0.25) is 0 Å². The lowest BCUT2D eigenvalue weighted by Crippen LogP contribution is -2.56. The molecule has 1 aromatic carbocycles. The number of nitrogens with zero attached hydrogens (tertiary/aromatic N) is 7. The molecule has 11 nitrogen and oxygen atoms in total. The molecule has 11 heteroatoms. The smallest absolute Gasteiger partial charge is 0.241 e. The molecule has 0 radical (unpaired) electrons. The Bertz CT molecular complexity index is 1160. The van der Waals surface area contributed by atoms with E-state index in [0.717, 1.165) is 37.8 Å². The number of piperazine rings is 1. The van der Waals surface area contributed by atoms with Crippen molar-refractivity contribution in [2.45, 2.75) is 62.3 Å². The minimum absolute atomic E-state index is 0.0789. The number of tetrazole rings is 1. The van der Waals surface area contributed by atoms with Crippen LogP contribution in [0.25, 0.3) is 11.4 Å². The molecule has 3 fully saturated rings. The van der Waals surface area contributed by atoms with Crippen molar-refractivity contribution in [2.75, 3.05) is 19.6 Å².